The average Bonchev–Trinajstić information content (AvgIpc) is 2.49. The third kappa shape index (κ3) is 2.29. The van der Waals surface area contributed by atoms with E-state index >= 15 is 0 Å². The predicted octanol–water partition coefficient (Wildman–Crippen LogP) is 3.87. The molecular formula is C16H19N3S. The monoisotopic (exact) mass is 285 g/mol. The smallest absolute Gasteiger partial charge is 0.132 e. The lowest BCUT2D eigenvalue weighted by molar-refractivity contribution is 0.580. The summed E-state index contributed by atoms with van der Waals surface area (Å²) in [6.07, 6.45) is 6.23. The molecule has 0 aromatic carbocycles. The van der Waals surface area contributed by atoms with E-state index in [0.717, 1.165) is 35.3 Å². The Bertz CT molecular complexity index is 690. The number of aromatic amines is 1. The molecule has 2 heterocycles. The van der Waals surface area contributed by atoms with Crippen LogP contribution in [0.3, 0.4) is 0 Å². The molecule has 1 atom stereocenters. The fourth-order valence-corrected chi connectivity index (χ4v) is 3.23. The first kappa shape index (κ1) is 13.4. The molecule has 0 fully saturated rings. The van der Waals surface area contributed by atoms with E-state index in [0.29, 0.717) is 5.92 Å². The average molecular weight is 285 g/mol. The summed E-state index contributed by atoms with van der Waals surface area (Å²) in [6.45, 7) is 4.16. The Morgan fingerprint density at radius 1 is 1.45 bits per heavy atom. The first-order valence-corrected chi connectivity index (χ1v) is 7.65. The van der Waals surface area contributed by atoms with Crippen molar-refractivity contribution in [3.05, 3.63) is 51.3 Å². The van der Waals surface area contributed by atoms with Crippen molar-refractivity contribution in [1.82, 2.24) is 15.0 Å². The van der Waals surface area contributed by atoms with E-state index in [-0.39, 0.29) is 0 Å². The van der Waals surface area contributed by atoms with Gasteiger partial charge in [0.2, 0.25) is 0 Å². The van der Waals surface area contributed by atoms with Crippen molar-refractivity contribution in [3.8, 4) is 0 Å². The quantitative estimate of drug-likeness (QED) is 0.852. The van der Waals surface area contributed by atoms with Crippen LogP contribution in [0.2, 0.25) is 0 Å². The van der Waals surface area contributed by atoms with Gasteiger partial charge in [0.1, 0.15) is 10.5 Å². The molecule has 0 saturated carbocycles. The molecule has 0 spiro atoms. The van der Waals surface area contributed by atoms with Crippen LogP contribution in [-0.2, 0) is 12.8 Å². The summed E-state index contributed by atoms with van der Waals surface area (Å²) in [5, 5.41) is 0. The van der Waals surface area contributed by atoms with E-state index < -0.39 is 0 Å². The second-order valence-electron chi connectivity index (χ2n) is 5.37. The van der Waals surface area contributed by atoms with E-state index in [2.05, 4.69) is 34.9 Å². The van der Waals surface area contributed by atoms with Gasteiger partial charge < -0.3 is 4.98 Å². The van der Waals surface area contributed by atoms with Gasteiger partial charge in [-0.15, -0.1) is 0 Å². The molecule has 1 unspecified atom stereocenters. The third-order valence-electron chi connectivity index (χ3n) is 4.12. The van der Waals surface area contributed by atoms with Gasteiger partial charge in [-0.2, -0.15) is 0 Å². The van der Waals surface area contributed by atoms with Gasteiger partial charge in [0.15, 0.2) is 0 Å². The SMILES string of the molecule is CCc1nc(=S)c(C)c(C2CCCc3cccnc32)[nH]1. The van der Waals surface area contributed by atoms with Crippen molar-refractivity contribution in [2.24, 2.45) is 0 Å². The summed E-state index contributed by atoms with van der Waals surface area (Å²) in [5.74, 6) is 1.30. The zero-order chi connectivity index (χ0) is 14.1. The van der Waals surface area contributed by atoms with Crippen LogP contribution in [0.5, 0.6) is 0 Å². The van der Waals surface area contributed by atoms with Gasteiger partial charge in [0.25, 0.3) is 0 Å². The van der Waals surface area contributed by atoms with Crippen LogP contribution < -0.4 is 0 Å². The third-order valence-corrected chi connectivity index (χ3v) is 4.52. The summed E-state index contributed by atoms with van der Waals surface area (Å²) in [5.41, 5.74) is 4.89. The van der Waals surface area contributed by atoms with Crippen molar-refractivity contribution >= 4 is 12.2 Å². The molecule has 0 saturated heterocycles. The molecule has 4 heteroatoms. The molecule has 104 valence electrons. The maximum atomic E-state index is 5.41. The number of aryl methyl sites for hydroxylation is 2. The number of nitrogens with zero attached hydrogens (tertiary/aromatic N) is 2. The second kappa shape index (κ2) is 5.44. The van der Waals surface area contributed by atoms with E-state index in [9.17, 15) is 0 Å². The van der Waals surface area contributed by atoms with Crippen LogP contribution in [0.15, 0.2) is 18.3 Å². The Morgan fingerprint density at radius 2 is 2.30 bits per heavy atom. The maximum absolute atomic E-state index is 5.41. The van der Waals surface area contributed by atoms with Crippen LogP contribution in [0, 0.1) is 11.6 Å². The number of nitrogens with one attached hydrogen (secondary N) is 1. The highest BCUT2D eigenvalue weighted by Gasteiger charge is 2.25. The fourth-order valence-electron chi connectivity index (χ4n) is 3.01. The normalized spacial score (nSPS) is 17.8. The minimum absolute atomic E-state index is 0.329. The number of fused-ring (bicyclic) bond motifs is 1. The Morgan fingerprint density at radius 3 is 3.10 bits per heavy atom. The Balaban J connectivity index is 2.15. The minimum Gasteiger partial charge on any atom is -0.346 e. The Hall–Kier alpha value is -1.55. The summed E-state index contributed by atoms with van der Waals surface area (Å²) >= 11 is 5.41. The molecular weight excluding hydrogens is 266 g/mol. The molecule has 1 aliphatic rings. The van der Waals surface area contributed by atoms with E-state index in [1.165, 1.54) is 23.4 Å². The lowest BCUT2D eigenvalue weighted by atomic mass is 9.83. The van der Waals surface area contributed by atoms with Gasteiger partial charge in [-0.05, 0) is 37.8 Å². The number of hydrogen-bond donors (Lipinski definition) is 1. The summed E-state index contributed by atoms with van der Waals surface area (Å²) in [6, 6.07) is 4.22. The predicted molar refractivity (Wildman–Crippen MR) is 82.6 cm³/mol. The molecule has 0 amide bonds. The largest absolute Gasteiger partial charge is 0.346 e. The van der Waals surface area contributed by atoms with Crippen LogP contribution in [0.4, 0.5) is 0 Å². The van der Waals surface area contributed by atoms with E-state index in [1.54, 1.807) is 0 Å². The van der Waals surface area contributed by atoms with Crippen molar-refractivity contribution in [2.45, 2.75) is 45.4 Å². The van der Waals surface area contributed by atoms with Gasteiger partial charge in [-0.1, -0.05) is 25.2 Å². The van der Waals surface area contributed by atoms with Gasteiger partial charge in [-0.3, -0.25) is 4.98 Å². The van der Waals surface area contributed by atoms with E-state index in [1.807, 2.05) is 12.3 Å². The highest BCUT2D eigenvalue weighted by atomic mass is 32.1. The molecule has 0 radical (unpaired) electrons. The van der Waals surface area contributed by atoms with Gasteiger partial charge in [0.05, 0.1) is 5.69 Å². The van der Waals surface area contributed by atoms with Crippen molar-refractivity contribution in [2.75, 3.05) is 0 Å². The summed E-state index contributed by atoms with van der Waals surface area (Å²) < 4.78 is 0.721. The first-order chi connectivity index (χ1) is 9.70. The molecule has 0 bridgehead atoms. The standard InChI is InChI=1S/C16H19N3S/c1-3-13-18-14(10(2)16(20)19-13)12-8-4-6-11-7-5-9-17-15(11)12/h5,7,9,12H,3-4,6,8H2,1-2H3,(H,18,19,20). The second-order valence-corrected chi connectivity index (χ2v) is 5.76. The van der Waals surface area contributed by atoms with Crippen LogP contribution in [0.25, 0.3) is 0 Å². The first-order valence-electron chi connectivity index (χ1n) is 7.24. The van der Waals surface area contributed by atoms with E-state index in [4.69, 9.17) is 12.2 Å². The zero-order valence-corrected chi connectivity index (χ0v) is 12.8. The minimum atomic E-state index is 0.329. The van der Waals surface area contributed by atoms with Gasteiger partial charge in [0, 0.05) is 29.8 Å². The van der Waals surface area contributed by atoms with Crippen molar-refractivity contribution < 1.29 is 0 Å². The summed E-state index contributed by atoms with van der Waals surface area (Å²) in [7, 11) is 0. The van der Waals surface area contributed by atoms with Crippen molar-refractivity contribution in [3.63, 3.8) is 0 Å². The Kier molecular flexibility index (Phi) is 3.66. The lowest BCUT2D eigenvalue weighted by Crippen LogP contribution is -2.16. The van der Waals surface area contributed by atoms with Crippen molar-refractivity contribution in [1.29, 1.82) is 0 Å². The molecule has 1 aliphatic carbocycles. The number of rotatable bonds is 2. The topological polar surface area (TPSA) is 41.6 Å². The molecule has 3 nitrogen and oxygen atoms in total. The van der Waals surface area contributed by atoms with Crippen LogP contribution >= 0.6 is 12.2 Å². The zero-order valence-electron chi connectivity index (χ0n) is 11.9. The fraction of sp³-hybridized carbons (Fsp3) is 0.438. The number of hydrogen-bond acceptors (Lipinski definition) is 3. The number of aromatic nitrogens is 3. The van der Waals surface area contributed by atoms with Gasteiger partial charge in [-0.25, -0.2) is 4.98 Å². The molecule has 2 aromatic rings. The van der Waals surface area contributed by atoms with Crippen LogP contribution in [-0.4, -0.2) is 15.0 Å². The highest BCUT2D eigenvalue weighted by molar-refractivity contribution is 7.71. The summed E-state index contributed by atoms with van der Waals surface area (Å²) in [4.78, 5) is 12.6. The molecule has 1 N–H and O–H groups in total. The maximum Gasteiger partial charge on any atom is 0.132 e. The van der Waals surface area contributed by atoms with Gasteiger partial charge >= 0.3 is 0 Å². The Labute approximate surface area is 124 Å². The lowest BCUT2D eigenvalue weighted by Gasteiger charge is -2.25. The molecule has 2 aromatic heterocycles. The molecule has 3 rings (SSSR count). The number of H-pyrrole nitrogens is 1. The highest BCUT2D eigenvalue weighted by Crippen LogP contribution is 2.35. The molecule has 0 aliphatic heterocycles. The number of pyridine rings is 1. The molecule has 20 heavy (non-hydrogen) atoms. The van der Waals surface area contributed by atoms with Crippen LogP contribution in [0.1, 0.15) is 54.0 Å².